The molecule has 0 spiro atoms. The predicted octanol–water partition coefficient (Wildman–Crippen LogP) is 4.34. The lowest BCUT2D eigenvalue weighted by atomic mass is 9.95. The quantitative estimate of drug-likeness (QED) is 0.516. The van der Waals surface area contributed by atoms with E-state index in [2.05, 4.69) is 10.3 Å². The van der Waals surface area contributed by atoms with E-state index in [-0.39, 0.29) is 18.4 Å². The fourth-order valence-electron chi connectivity index (χ4n) is 4.09. The zero-order valence-corrected chi connectivity index (χ0v) is 18.7. The number of hydrogen-bond donors (Lipinski definition) is 1. The lowest BCUT2D eigenvalue weighted by Gasteiger charge is -2.33. The maximum Gasteiger partial charge on any atom is 0.298 e. The Balaban J connectivity index is 1.36. The standard InChI is InChI=1S/C24H25F3N4O3/c1-2-11-31(14-20(32)28-18-8-7-16(25)21(26)22(18)27)23(33)15-9-12-30(13-10-15)24-29-17-5-3-4-6-19(17)34-24/h3-8,15H,2,9-14H2,1H3,(H,28,32). The number of amides is 2. The molecule has 1 aliphatic rings. The van der Waals surface area contributed by atoms with Crippen LogP contribution < -0.4 is 10.2 Å². The van der Waals surface area contributed by atoms with Gasteiger partial charge in [-0.3, -0.25) is 9.59 Å². The molecule has 0 radical (unpaired) electrons. The highest BCUT2D eigenvalue weighted by Crippen LogP contribution is 2.27. The smallest absolute Gasteiger partial charge is 0.298 e. The third kappa shape index (κ3) is 5.00. The number of aromatic nitrogens is 1. The first-order valence-electron chi connectivity index (χ1n) is 11.2. The number of nitrogens with one attached hydrogen (secondary N) is 1. The van der Waals surface area contributed by atoms with Crippen LogP contribution in [0, 0.1) is 23.4 Å². The normalized spacial score (nSPS) is 14.4. The minimum atomic E-state index is -1.66. The Morgan fingerprint density at radius 3 is 2.56 bits per heavy atom. The molecule has 1 fully saturated rings. The average molecular weight is 474 g/mol. The third-order valence-corrected chi connectivity index (χ3v) is 5.85. The molecule has 1 aromatic heterocycles. The van der Waals surface area contributed by atoms with Gasteiger partial charge in [0, 0.05) is 25.6 Å². The summed E-state index contributed by atoms with van der Waals surface area (Å²) in [6.45, 7) is 3.07. The summed E-state index contributed by atoms with van der Waals surface area (Å²) in [4.78, 5) is 33.5. The van der Waals surface area contributed by atoms with E-state index in [1.807, 2.05) is 36.1 Å². The van der Waals surface area contributed by atoms with E-state index < -0.39 is 29.0 Å². The number of nitrogens with zero attached hydrogens (tertiary/aromatic N) is 3. The van der Waals surface area contributed by atoms with E-state index in [0.29, 0.717) is 50.5 Å². The first-order valence-corrected chi connectivity index (χ1v) is 11.2. The van der Waals surface area contributed by atoms with Gasteiger partial charge < -0.3 is 19.5 Å². The molecule has 1 N–H and O–H groups in total. The molecule has 1 saturated heterocycles. The third-order valence-electron chi connectivity index (χ3n) is 5.85. The van der Waals surface area contributed by atoms with Crippen molar-refractivity contribution < 1.29 is 27.2 Å². The highest BCUT2D eigenvalue weighted by Gasteiger charge is 2.31. The van der Waals surface area contributed by atoms with Gasteiger partial charge in [-0.25, -0.2) is 13.2 Å². The molecule has 10 heteroatoms. The van der Waals surface area contributed by atoms with Crippen LogP contribution in [0.2, 0.25) is 0 Å². The minimum Gasteiger partial charge on any atom is -0.423 e. The van der Waals surface area contributed by atoms with Gasteiger partial charge in [0.15, 0.2) is 23.0 Å². The molecule has 4 rings (SSSR count). The summed E-state index contributed by atoms with van der Waals surface area (Å²) in [6.07, 6.45) is 1.76. The maximum absolute atomic E-state index is 13.9. The van der Waals surface area contributed by atoms with Crippen LogP contribution in [0.4, 0.5) is 24.9 Å². The molecule has 0 bridgehead atoms. The van der Waals surface area contributed by atoms with Crippen molar-refractivity contribution in [2.45, 2.75) is 26.2 Å². The second kappa shape index (κ2) is 10.1. The van der Waals surface area contributed by atoms with E-state index in [4.69, 9.17) is 4.42 Å². The van der Waals surface area contributed by atoms with E-state index in [0.717, 1.165) is 17.6 Å². The number of benzene rings is 2. The molecule has 1 aliphatic heterocycles. The molecule has 2 aromatic carbocycles. The number of rotatable bonds is 7. The van der Waals surface area contributed by atoms with E-state index >= 15 is 0 Å². The molecule has 2 amide bonds. The molecule has 7 nitrogen and oxygen atoms in total. The Labute approximate surface area is 194 Å². The molecule has 34 heavy (non-hydrogen) atoms. The number of carbonyl (C=O) groups excluding carboxylic acids is 2. The number of para-hydroxylation sites is 2. The lowest BCUT2D eigenvalue weighted by molar-refractivity contribution is -0.139. The van der Waals surface area contributed by atoms with Crippen molar-refractivity contribution >= 4 is 34.6 Å². The summed E-state index contributed by atoms with van der Waals surface area (Å²) >= 11 is 0. The van der Waals surface area contributed by atoms with Crippen molar-refractivity contribution in [3.05, 3.63) is 53.8 Å². The van der Waals surface area contributed by atoms with Crippen molar-refractivity contribution in [3.63, 3.8) is 0 Å². The topological polar surface area (TPSA) is 78.7 Å². The van der Waals surface area contributed by atoms with Crippen molar-refractivity contribution in [3.8, 4) is 0 Å². The Morgan fingerprint density at radius 2 is 1.85 bits per heavy atom. The summed E-state index contributed by atoms with van der Waals surface area (Å²) in [7, 11) is 0. The number of fused-ring (bicyclic) bond motifs is 1. The number of carbonyl (C=O) groups is 2. The summed E-state index contributed by atoms with van der Waals surface area (Å²) in [5, 5.41) is 2.22. The van der Waals surface area contributed by atoms with Crippen LogP contribution in [0.25, 0.3) is 11.1 Å². The van der Waals surface area contributed by atoms with Crippen LogP contribution in [0.3, 0.4) is 0 Å². The Kier molecular flexibility index (Phi) is 7.04. The average Bonchev–Trinajstić information content (AvgIpc) is 3.28. The van der Waals surface area contributed by atoms with Gasteiger partial charge in [-0.2, -0.15) is 4.98 Å². The van der Waals surface area contributed by atoms with Crippen molar-refractivity contribution in [1.29, 1.82) is 0 Å². The zero-order chi connectivity index (χ0) is 24.2. The highest BCUT2D eigenvalue weighted by atomic mass is 19.2. The molecular weight excluding hydrogens is 449 g/mol. The van der Waals surface area contributed by atoms with Gasteiger partial charge in [0.1, 0.15) is 5.52 Å². The van der Waals surface area contributed by atoms with Gasteiger partial charge in [0.05, 0.1) is 12.2 Å². The van der Waals surface area contributed by atoms with Crippen LogP contribution in [0.5, 0.6) is 0 Å². The van der Waals surface area contributed by atoms with Gasteiger partial charge in [-0.15, -0.1) is 0 Å². The number of oxazole rings is 1. The van der Waals surface area contributed by atoms with Crippen LogP contribution in [0.15, 0.2) is 40.8 Å². The minimum absolute atomic E-state index is 0.167. The molecule has 3 aromatic rings. The second-order valence-corrected chi connectivity index (χ2v) is 8.26. The number of piperidine rings is 1. The van der Waals surface area contributed by atoms with Gasteiger partial charge >= 0.3 is 0 Å². The number of halogens is 3. The summed E-state index contributed by atoms with van der Waals surface area (Å²) < 4.78 is 46.2. The Bertz CT molecular complexity index is 1160. The van der Waals surface area contributed by atoms with E-state index in [1.165, 1.54) is 4.90 Å². The molecule has 0 aliphatic carbocycles. The van der Waals surface area contributed by atoms with Crippen molar-refractivity contribution in [2.75, 3.05) is 36.4 Å². The molecule has 180 valence electrons. The summed E-state index contributed by atoms with van der Waals surface area (Å²) in [5.41, 5.74) is 1.00. The highest BCUT2D eigenvalue weighted by molar-refractivity contribution is 5.95. The summed E-state index contributed by atoms with van der Waals surface area (Å²) in [5.74, 6) is -5.61. The molecule has 2 heterocycles. The fraction of sp³-hybridized carbons (Fsp3) is 0.375. The van der Waals surface area contributed by atoms with Crippen molar-refractivity contribution in [1.82, 2.24) is 9.88 Å². The monoisotopic (exact) mass is 474 g/mol. The Morgan fingerprint density at radius 1 is 1.12 bits per heavy atom. The van der Waals surface area contributed by atoms with Gasteiger partial charge in [0.25, 0.3) is 6.01 Å². The zero-order valence-electron chi connectivity index (χ0n) is 18.7. The van der Waals surface area contributed by atoms with Gasteiger partial charge in [-0.05, 0) is 43.5 Å². The van der Waals surface area contributed by atoms with Crippen LogP contribution in [-0.2, 0) is 9.59 Å². The fourth-order valence-corrected chi connectivity index (χ4v) is 4.09. The molecular formula is C24H25F3N4O3. The number of anilines is 2. The first-order chi connectivity index (χ1) is 16.4. The largest absolute Gasteiger partial charge is 0.423 e. The predicted molar refractivity (Wildman–Crippen MR) is 121 cm³/mol. The lowest BCUT2D eigenvalue weighted by Crippen LogP contribution is -2.45. The van der Waals surface area contributed by atoms with E-state index in [1.54, 1.807) is 0 Å². The number of hydrogen-bond acceptors (Lipinski definition) is 5. The SMILES string of the molecule is CCCN(CC(=O)Nc1ccc(F)c(F)c1F)C(=O)C1CCN(c2nc3ccccc3o2)CC1. The van der Waals surface area contributed by atoms with Crippen LogP contribution in [0.1, 0.15) is 26.2 Å². The molecule has 0 saturated carbocycles. The van der Waals surface area contributed by atoms with Crippen LogP contribution in [-0.4, -0.2) is 47.9 Å². The maximum atomic E-state index is 13.9. The van der Waals surface area contributed by atoms with E-state index in [9.17, 15) is 22.8 Å². The van der Waals surface area contributed by atoms with Gasteiger partial charge in [-0.1, -0.05) is 19.1 Å². The van der Waals surface area contributed by atoms with Crippen molar-refractivity contribution in [2.24, 2.45) is 5.92 Å². The van der Waals surface area contributed by atoms with Crippen LogP contribution >= 0.6 is 0 Å². The summed E-state index contributed by atoms with van der Waals surface area (Å²) in [6, 6.07) is 9.68. The van der Waals surface area contributed by atoms with Gasteiger partial charge in [0.2, 0.25) is 11.8 Å². The first kappa shape index (κ1) is 23.6. The molecule has 0 unspecified atom stereocenters. The molecule has 0 atom stereocenters. The Hall–Kier alpha value is -3.56. The second-order valence-electron chi connectivity index (χ2n) is 8.26.